The van der Waals surface area contributed by atoms with Crippen LogP contribution in [0.3, 0.4) is 0 Å². The van der Waals surface area contributed by atoms with Crippen LogP contribution in [-0.4, -0.2) is 40.8 Å². The van der Waals surface area contributed by atoms with Gasteiger partial charge in [-0.05, 0) is 25.1 Å². The van der Waals surface area contributed by atoms with E-state index < -0.39 is 0 Å². The molecule has 0 atom stereocenters. The Bertz CT molecular complexity index is 1080. The number of fused-ring (bicyclic) bond motifs is 1. The number of nitrogens with zero attached hydrogens (tertiary/aromatic N) is 5. The van der Waals surface area contributed by atoms with Crippen LogP contribution in [0.1, 0.15) is 5.56 Å². The van der Waals surface area contributed by atoms with E-state index >= 15 is 0 Å². The van der Waals surface area contributed by atoms with E-state index in [1.165, 1.54) is 11.3 Å². The topological polar surface area (TPSA) is 36.7 Å². The van der Waals surface area contributed by atoms with Crippen molar-refractivity contribution in [2.75, 3.05) is 36.0 Å². The Labute approximate surface area is 164 Å². The Morgan fingerprint density at radius 1 is 0.821 bits per heavy atom. The zero-order valence-electron chi connectivity index (χ0n) is 16.0. The van der Waals surface area contributed by atoms with Crippen molar-refractivity contribution in [3.05, 3.63) is 78.6 Å². The first kappa shape index (κ1) is 16.8. The van der Waals surface area contributed by atoms with Crippen molar-refractivity contribution in [2.45, 2.75) is 6.92 Å². The van der Waals surface area contributed by atoms with E-state index in [-0.39, 0.29) is 0 Å². The fourth-order valence-electron chi connectivity index (χ4n) is 3.83. The molecule has 5 rings (SSSR count). The molecular formula is C23H23N5. The molecule has 1 aliphatic rings. The molecule has 4 aromatic rings. The van der Waals surface area contributed by atoms with Gasteiger partial charge in [-0.2, -0.15) is 5.10 Å². The largest absolute Gasteiger partial charge is 0.368 e. The summed E-state index contributed by atoms with van der Waals surface area (Å²) in [5.74, 6) is 1.01. The molecule has 0 N–H and O–H groups in total. The molecule has 140 valence electrons. The minimum Gasteiger partial charge on any atom is -0.368 e. The lowest BCUT2D eigenvalue weighted by Crippen LogP contribution is -2.47. The van der Waals surface area contributed by atoms with Gasteiger partial charge >= 0.3 is 0 Å². The summed E-state index contributed by atoms with van der Waals surface area (Å²) in [5, 5.41) is 4.75. The second-order valence-electron chi connectivity index (χ2n) is 7.29. The molecule has 5 nitrogen and oxygen atoms in total. The molecule has 0 saturated carbocycles. The van der Waals surface area contributed by atoms with Crippen LogP contribution in [0.15, 0.2) is 73.1 Å². The van der Waals surface area contributed by atoms with Gasteiger partial charge in [0, 0.05) is 49.8 Å². The summed E-state index contributed by atoms with van der Waals surface area (Å²) < 4.78 is 1.94. The quantitative estimate of drug-likeness (QED) is 0.546. The summed E-state index contributed by atoms with van der Waals surface area (Å²) in [5.41, 5.74) is 5.76. The standard InChI is InChI=1S/C23H23N5/c1-18-7-9-20(10-8-18)26-13-15-27(16-14-26)23-22-17-21(19-5-3-2-4-6-19)25-28(22)12-11-24-23/h2-12,17H,13-16H2,1H3. The molecule has 3 heterocycles. The Kier molecular flexibility index (Phi) is 4.20. The molecule has 0 spiro atoms. The van der Waals surface area contributed by atoms with E-state index in [0.717, 1.165) is 48.8 Å². The molecule has 1 saturated heterocycles. The summed E-state index contributed by atoms with van der Waals surface area (Å²) in [6.45, 7) is 6.01. The maximum absolute atomic E-state index is 4.75. The lowest BCUT2D eigenvalue weighted by molar-refractivity contribution is 0.647. The maximum atomic E-state index is 4.75. The van der Waals surface area contributed by atoms with Gasteiger partial charge in [-0.3, -0.25) is 0 Å². The average molecular weight is 369 g/mol. The van der Waals surface area contributed by atoms with Crippen molar-refractivity contribution in [2.24, 2.45) is 0 Å². The third-order valence-electron chi connectivity index (χ3n) is 5.42. The summed E-state index contributed by atoms with van der Waals surface area (Å²) in [6.07, 6.45) is 3.77. The minimum absolute atomic E-state index is 0.951. The predicted molar refractivity (Wildman–Crippen MR) is 114 cm³/mol. The highest BCUT2D eigenvalue weighted by molar-refractivity contribution is 5.75. The van der Waals surface area contributed by atoms with Gasteiger partial charge in [0.25, 0.3) is 0 Å². The number of piperazine rings is 1. The third kappa shape index (κ3) is 3.09. The van der Waals surface area contributed by atoms with Crippen molar-refractivity contribution >= 4 is 17.0 Å². The third-order valence-corrected chi connectivity index (χ3v) is 5.42. The lowest BCUT2D eigenvalue weighted by atomic mass is 10.1. The Morgan fingerprint density at radius 2 is 1.54 bits per heavy atom. The van der Waals surface area contributed by atoms with Crippen LogP contribution in [0.4, 0.5) is 11.5 Å². The highest BCUT2D eigenvalue weighted by atomic mass is 15.3. The van der Waals surface area contributed by atoms with Crippen molar-refractivity contribution < 1.29 is 0 Å². The maximum Gasteiger partial charge on any atom is 0.154 e. The molecule has 0 unspecified atom stereocenters. The minimum atomic E-state index is 0.951. The monoisotopic (exact) mass is 369 g/mol. The van der Waals surface area contributed by atoms with Crippen molar-refractivity contribution in [1.29, 1.82) is 0 Å². The van der Waals surface area contributed by atoms with Crippen LogP contribution in [0.25, 0.3) is 16.8 Å². The molecule has 28 heavy (non-hydrogen) atoms. The number of anilines is 2. The van der Waals surface area contributed by atoms with Crippen LogP contribution in [0, 0.1) is 6.92 Å². The molecule has 0 bridgehead atoms. The molecule has 5 heteroatoms. The van der Waals surface area contributed by atoms with Crippen LogP contribution in [0.5, 0.6) is 0 Å². The molecular weight excluding hydrogens is 346 g/mol. The van der Waals surface area contributed by atoms with E-state index in [1.54, 1.807) is 0 Å². The molecule has 1 fully saturated rings. The summed E-state index contributed by atoms with van der Waals surface area (Å²) in [7, 11) is 0. The van der Waals surface area contributed by atoms with Gasteiger partial charge in [0.1, 0.15) is 5.52 Å². The van der Waals surface area contributed by atoms with Crippen molar-refractivity contribution in [3.8, 4) is 11.3 Å². The van der Waals surface area contributed by atoms with Crippen LogP contribution in [0.2, 0.25) is 0 Å². The number of aromatic nitrogens is 3. The second kappa shape index (κ2) is 7.00. The van der Waals surface area contributed by atoms with Gasteiger partial charge in [0.05, 0.1) is 5.69 Å². The van der Waals surface area contributed by atoms with Gasteiger partial charge in [-0.15, -0.1) is 0 Å². The highest BCUT2D eigenvalue weighted by Gasteiger charge is 2.21. The number of aryl methyl sites for hydroxylation is 1. The van der Waals surface area contributed by atoms with Crippen LogP contribution < -0.4 is 9.80 Å². The number of hydrogen-bond acceptors (Lipinski definition) is 4. The first-order valence-electron chi connectivity index (χ1n) is 9.74. The van der Waals surface area contributed by atoms with E-state index in [4.69, 9.17) is 10.1 Å². The SMILES string of the molecule is Cc1ccc(N2CCN(c3nccn4nc(-c5ccccc5)cc34)CC2)cc1. The van der Waals surface area contributed by atoms with Gasteiger partial charge in [0.2, 0.25) is 0 Å². The van der Waals surface area contributed by atoms with E-state index in [1.807, 2.05) is 35.1 Å². The number of benzene rings is 2. The number of rotatable bonds is 3. The van der Waals surface area contributed by atoms with Crippen molar-refractivity contribution in [3.63, 3.8) is 0 Å². The fraction of sp³-hybridized carbons (Fsp3) is 0.217. The van der Waals surface area contributed by atoms with Gasteiger partial charge in [-0.1, -0.05) is 48.0 Å². The van der Waals surface area contributed by atoms with Crippen molar-refractivity contribution in [1.82, 2.24) is 14.6 Å². The molecule has 1 aliphatic heterocycles. The summed E-state index contributed by atoms with van der Waals surface area (Å²) in [4.78, 5) is 9.51. The Balaban J connectivity index is 1.39. The smallest absolute Gasteiger partial charge is 0.154 e. The van der Waals surface area contributed by atoms with E-state index in [0.29, 0.717) is 0 Å². The lowest BCUT2D eigenvalue weighted by Gasteiger charge is -2.36. The Morgan fingerprint density at radius 3 is 2.29 bits per heavy atom. The molecule has 2 aromatic carbocycles. The highest BCUT2D eigenvalue weighted by Crippen LogP contribution is 2.26. The second-order valence-corrected chi connectivity index (χ2v) is 7.29. The zero-order valence-corrected chi connectivity index (χ0v) is 16.0. The molecule has 0 amide bonds. The van der Waals surface area contributed by atoms with Gasteiger partial charge in [-0.25, -0.2) is 9.50 Å². The average Bonchev–Trinajstić information content (AvgIpc) is 3.20. The zero-order chi connectivity index (χ0) is 18.9. The summed E-state index contributed by atoms with van der Waals surface area (Å²) >= 11 is 0. The van der Waals surface area contributed by atoms with E-state index in [2.05, 4.69) is 59.2 Å². The molecule has 0 radical (unpaired) electrons. The first-order valence-corrected chi connectivity index (χ1v) is 9.74. The normalized spacial score (nSPS) is 14.6. The first-order chi connectivity index (χ1) is 13.8. The van der Waals surface area contributed by atoms with E-state index in [9.17, 15) is 0 Å². The fourth-order valence-corrected chi connectivity index (χ4v) is 3.83. The Hall–Kier alpha value is -3.34. The van der Waals surface area contributed by atoms with Crippen LogP contribution >= 0.6 is 0 Å². The number of hydrogen-bond donors (Lipinski definition) is 0. The predicted octanol–water partition coefficient (Wildman–Crippen LogP) is 4.03. The molecule has 2 aromatic heterocycles. The van der Waals surface area contributed by atoms with Gasteiger partial charge < -0.3 is 9.80 Å². The van der Waals surface area contributed by atoms with Gasteiger partial charge in [0.15, 0.2) is 5.82 Å². The summed E-state index contributed by atoms with van der Waals surface area (Å²) in [6, 6.07) is 21.2. The molecule has 0 aliphatic carbocycles. The van der Waals surface area contributed by atoms with Crippen LogP contribution in [-0.2, 0) is 0 Å².